The van der Waals surface area contributed by atoms with E-state index in [4.69, 9.17) is 4.98 Å². The molecule has 0 unspecified atom stereocenters. The summed E-state index contributed by atoms with van der Waals surface area (Å²) in [6, 6.07) is 14.9. The van der Waals surface area contributed by atoms with Crippen LogP contribution in [0, 0.1) is 0 Å². The van der Waals surface area contributed by atoms with Crippen molar-refractivity contribution < 1.29 is 5.11 Å². The molecule has 0 aliphatic carbocycles. The maximum atomic E-state index is 9.48. The van der Waals surface area contributed by atoms with Crippen molar-refractivity contribution in [3.63, 3.8) is 0 Å². The van der Waals surface area contributed by atoms with Crippen LogP contribution in [0.3, 0.4) is 0 Å². The number of nitrogens with zero attached hydrogens (tertiary/aromatic N) is 3. The molecule has 5 heteroatoms. The first-order chi connectivity index (χ1) is 11.8. The second kappa shape index (κ2) is 4.76. The SMILES string of the molecule is Oc1ccc(-c2nc3c4cccnc4c4ncccc4c3[nH]2)cc1. The summed E-state index contributed by atoms with van der Waals surface area (Å²) in [5, 5.41) is 11.4. The molecule has 0 radical (unpaired) electrons. The highest BCUT2D eigenvalue weighted by Gasteiger charge is 2.14. The predicted molar refractivity (Wildman–Crippen MR) is 93.8 cm³/mol. The normalized spacial score (nSPS) is 11.5. The van der Waals surface area contributed by atoms with E-state index in [9.17, 15) is 5.11 Å². The largest absolute Gasteiger partial charge is 0.508 e. The van der Waals surface area contributed by atoms with Gasteiger partial charge in [0.25, 0.3) is 0 Å². The first kappa shape index (κ1) is 13.0. The second-order valence-electron chi connectivity index (χ2n) is 5.66. The molecule has 3 aromatic heterocycles. The molecule has 2 aromatic carbocycles. The van der Waals surface area contributed by atoms with Gasteiger partial charge in [0, 0.05) is 28.7 Å². The standard InChI is InChI=1S/C19H12N4O/c24-12-7-5-11(6-8-12)19-22-17-13-3-1-9-20-15(13)16-14(18(17)23-19)4-2-10-21-16/h1-10,24H,(H,22,23). The van der Waals surface area contributed by atoms with Crippen molar-refractivity contribution in [2.75, 3.05) is 0 Å². The number of phenolic OH excluding ortho intramolecular Hbond substituents is 1. The number of hydrogen-bond acceptors (Lipinski definition) is 4. The van der Waals surface area contributed by atoms with Gasteiger partial charge in [0.1, 0.15) is 11.6 Å². The Morgan fingerprint density at radius 2 is 1.42 bits per heavy atom. The third kappa shape index (κ3) is 1.78. The summed E-state index contributed by atoms with van der Waals surface area (Å²) in [7, 11) is 0. The molecule has 24 heavy (non-hydrogen) atoms. The van der Waals surface area contributed by atoms with Crippen molar-refractivity contribution in [3.8, 4) is 17.1 Å². The number of rotatable bonds is 1. The van der Waals surface area contributed by atoms with Crippen LogP contribution in [0.2, 0.25) is 0 Å². The number of nitrogens with one attached hydrogen (secondary N) is 1. The number of aromatic hydroxyl groups is 1. The zero-order valence-electron chi connectivity index (χ0n) is 12.6. The highest BCUT2D eigenvalue weighted by molar-refractivity contribution is 6.20. The molecule has 0 aliphatic heterocycles. The van der Waals surface area contributed by atoms with Crippen LogP contribution >= 0.6 is 0 Å². The minimum Gasteiger partial charge on any atom is -0.508 e. The molecule has 0 bridgehead atoms. The van der Waals surface area contributed by atoms with Gasteiger partial charge in [-0.15, -0.1) is 0 Å². The lowest BCUT2D eigenvalue weighted by atomic mass is 10.1. The van der Waals surface area contributed by atoms with Gasteiger partial charge in [-0.1, -0.05) is 0 Å². The summed E-state index contributed by atoms with van der Waals surface area (Å²) in [6.45, 7) is 0. The van der Waals surface area contributed by atoms with Crippen LogP contribution < -0.4 is 0 Å². The third-order valence-corrected chi connectivity index (χ3v) is 4.21. The number of aromatic amines is 1. The second-order valence-corrected chi connectivity index (χ2v) is 5.66. The van der Waals surface area contributed by atoms with Gasteiger partial charge >= 0.3 is 0 Å². The van der Waals surface area contributed by atoms with Crippen molar-refractivity contribution in [2.24, 2.45) is 0 Å². The van der Waals surface area contributed by atoms with Gasteiger partial charge in [-0.05, 0) is 48.5 Å². The van der Waals surface area contributed by atoms with E-state index in [0.717, 1.165) is 44.2 Å². The van der Waals surface area contributed by atoms with Crippen molar-refractivity contribution in [1.29, 1.82) is 0 Å². The van der Waals surface area contributed by atoms with Crippen LogP contribution in [0.15, 0.2) is 60.9 Å². The Morgan fingerprint density at radius 3 is 2.17 bits per heavy atom. The molecule has 5 aromatic rings. The van der Waals surface area contributed by atoms with Crippen LogP contribution in [0.1, 0.15) is 0 Å². The van der Waals surface area contributed by atoms with E-state index in [0.29, 0.717) is 0 Å². The maximum absolute atomic E-state index is 9.48. The van der Waals surface area contributed by atoms with Crippen molar-refractivity contribution in [3.05, 3.63) is 60.9 Å². The Bertz CT molecular complexity index is 1140. The molecule has 0 amide bonds. The zero-order chi connectivity index (χ0) is 16.1. The molecule has 0 saturated carbocycles. The molecule has 0 spiro atoms. The van der Waals surface area contributed by atoms with Gasteiger partial charge in [-0.25, -0.2) is 4.98 Å². The minimum absolute atomic E-state index is 0.235. The number of aromatic nitrogens is 4. The van der Waals surface area contributed by atoms with Crippen LogP contribution in [-0.2, 0) is 0 Å². The van der Waals surface area contributed by atoms with E-state index in [1.807, 2.05) is 36.4 Å². The Hall–Kier alpha value is -3.47. The van der Waals surface area contributed by atoms with E-state index in [-0.39, 0.29) is 5.75 Å². The van der Waals surface area contributed by atoms with Crippen LogP contribution in [0.5, 0.6) is 5.75 Å². The maximum Gasteiger partial charge on any atom is 0.138 e. The molecular formula is C19H12N4O. The molecule has 0 saturated heterocycles. The molecule has 2 N–H and O–H groups in total. The summed E-state index contributed by atoms with van der Waals surface area (Å²) in [6.07, 6.45) is 3.55. The molecular weight excluding hydrogens is 300 g/mol. The van der Waals surface area contributed by atoms with Crippen molar-refractivity contribution in [1.82, 2.24) is 19.9 Å². The van der Waals surface area contributed by atoms with Gasteiger partial charge in [-0.2, -0.15) is 0 Å². The fraction of sp³-hybridized carbons (Fsp3) is 0. The first-order valence-corrected chi connectivity index (χ1v) is 7.62. The van der Waals surface area contributed by atoms with Gasteiger partial charge in [0.05, 0.1) is 22.1 Å². The Balaban J connectivity index is 1.93. The summed E-state index contributed by atoms with van der Waals surface area (Å²) < 4.78 is 0. The van der Waals surface area contributed by atoms with E-state index < -0.39 is 0 Å². The molecule has 3 heterocycles. The number of phenols is 1. The molecule has 0 fully saturated rings. The average molecular weight is 312 g/mol. The summed E-state index contributed by atoms with van der Waals surface area (Å²) >= 11 is 0. The summed E-state index contributed by atoms with van der Waals surface area (Å²) in [5.74, 6) is 0.991. The van der Waals surface area contributed by atoms with Crippen molar-refractivity contribution in [2.45, 2.75) is 0 Å². The number of fused-ring (bicyclic) bond motifs is 6. The molecule has 114 valence electrons. The van der Waals surface area contributed by atoms with E-state index in [2.05, 4.69) is 15.0 Å². The van der Waals surface area contributed by atoms with Crippen molar-refractivity contribution >= 4 is 32.8 Å². The Morgan fingerprint density at radius 1 is 0.750 bits per heavy atom. The van der Waals surface area contributed by atoms with E-state index in [1.165, 1.54) is 0 Å². The summed E-state index contributed by atoms with van der Waals surface area (Å²) in [5.41, 5.74) is 4.45. The Kier molecular flexibility index (Phi) is 2.58. The van der Waals surface area contributed by atoms with E-state index in [1.54, 1.807) is 24.5 Å². The highest BCUT2D eigenvalue weighted by Crippen LogP contribution is 2.33. The van der Waals surface area contributed by atoms with Gasteiger partial charge in [0.2, 0.25) is 0 Å². The third-order valence-electron chi connectivity index (χ3n) is 4.21. The first-order valence-electron chi connectivity index (χ1n) is 7.62. The molecule has 0 atom stereocenters. The lowest BCUT2D eigenvalue weighted by Gasteiger charge is -2.03. The fourth-order valence-electron chi connectivity index (χ4n) is 3.10. The fourth-order valence-corrected chi connectivity index (χ4v) is 3.10. The number of hydrogen-bond donors (Lipinski definition) is 2. The summed E-state index contributed by atoms with van der Waals surface area (Å²) in [4.78, 5) is 17.2. The minimum atomic E-state index is 0.235. The molecule has 5 nitrogen and oxygen atoms in total. The molecule has 5 rings (SSSR count). The monoisotopic (exact) mass is 312 g/mol. The number of H-pyrrole nitrogens is 1. The lowest BCUT2D eigenvalue weighted by Crippen LogP contribution is -1.86. The molecule has 0 aliphatic rings. The smallest absolute Gasteiger partial charge is 0.138 e. The van der Waals surface area contributed by atoms with Crippen LogP contribution in [0.25, 0.3) is 44.2 Å². The Labute approximate surface area is 136 Å². The average Bonchev–Trinajstić information content (AvgIpc) is 3.08. The number of benzene rings is 2. The van der Waals surface area contributed by atoms with E-state index >= 15 is 0 Å². The number of imidazole rings is 1. The van der Waals surface area contributed by atoms with Gasteiger partial charge in [-0.3, -0.25) is 9.97 Å². The van der Waals surface area contributed by atoms with Crippen LogP contribution in [-0.4, -0.2) is 25.0 Å². The zero-order valence-corrected chi connectivity index (χ0v) is 12.6. The predicted octanol–water partition coefficient (Wildman–Crippen LogP) is 4.03. The van der Waals surface area contributed by atoms with Gasteiger partial charge < -0.3 is 10.1 Å². The highest BCUT2D eigenvalue weighted by atomic mass is 16.3. The van der Waals surface area contributed by atoms with Gasteiger partial charge in [0.15, 0.2) is 0 Å². The lowest BCUT2D eigenvalue weighted by molar-refractivity contribution is 0.475. The topological polar surface area (TPSA) is 74.7 Å². The van der Waals surface area contributed by atoms with Crippen LogP contribution in [0.4, 0.5) is 0 Å². The quantitative estimate of drug-likeness (QED) is 0.458. The number of pyridine rings is 2.